The maximum absolute atomic E-state index is 12.3. The average Bonchev–Trinajstić information content (AvgIpc) is 3.02. The van der Waals surface area contributed by atoms with Crippen LogP contribution in [0.1, 0.15) is 27.9 Å². The van der Waals surface area contributed by atoms with Crippen LogP contribution in [0, 0.1) is 6.92 Å². The minimum atomic E-state index is -0.479. The number of nitrogens with one attached hydrogen (secondary N) is 1. The summed E-state index contributed by atoms with van der Waals surface area (Å²) < 4.78 is 0. The Morgan fingerprint density at radius 3 is 2.63 bits per heavy atom. The van der Waals surface area contributed by atoms with Gasteiger partial charge in [0.2, 0.25) is 5.91 Å². The van der Waals surface area contributed by atoms with Crippen LogP contribution in [0.2, 0.25) is 0 Å². The van der Waals surface area contributed by atoms with Gasteiger partial charge in [0.05, 0.1) is 5.25 Å². The van der Waals surface area contributed by atoms with Crippen LogP contribution in [0.25, 0.3) is 6.08 Å². The van der Waals surface area contributed by atoms with Crippen molar-refractivity contribution in [3.8, 4) is 0 Å². The van der Waals surface area contributed by atoms with Gasteiger partial charge in [-0.2, -0.15) is 5.10 Å². The van der Waals surface area contributed by atoms with Gasteiger partial charge in [0.1, 0.15) is 0 Å². The van der Waals surface area contributed by atoms with E-state index >= 15 is 0 Å². The van der Waals surface area contributed by atoms with Crippen molar-refractivity contribution in [2.75, 3.05) is 0 Å². The molecule has 1 heterocycles. The molecule has 1 atom stereocenters. The largest absolute Gasteiger partial charge is 0.303 e. The molecule has 1 aliphatic heterocycles. The first kappa shape index (κ1) is 18.8. The number of Topliss-reactive ketones (excluding diaryl/α,β-unsaturated/α-hetero) is 1. The van der Waals surface area contributed by atoms with Crippen molar-refractivity contribution in [1.29, 1.82) is 0 Å². The smallest absolute Gasteiger partial charge is 0.240 e. The second-order valence-corrected chi connectivity index (χ2v) is 7.22. The number of hydrogen-bond donors (Lipinski definition) is 1. The van der Waals surface area contributed by atoms with Crippen LogP contribution in [0.3, 0.4) is 0 Å². The minimum Gasteiger partial charge on any atom is -0.303 e. The number of carbonyl (C=O) groups is 2. The van der Waals surface area contributed by atoms with E-state index in [1.807, 2.05) is 55.5 Å². The third-order valence-corrected chi connectivity index (χ3v) is 4.98. The van der Waals surface area contributed by atoms with E-state index in [1.165, 1.54) is 11.8 Å². The van der Waals surface area contributed by atoms with Crippen LogP contribution in [-0.4, -0.2) is 28.3 Å². The normalized spacial score (nSPS) is 18.5. The van der Waals surface area contributed by atoms with Crippen molar-refractivity contribution in [2.24, 2.45) is 10.2 Å². The number of benzene rings is 2. The highest BCUT2D eigenvalue weighted by atomic mass is 32.2. The van der Waals surface area contributed by atoms with Crippen molar-refractivity contribution in [3.63, 3.8) is 0 Å². The average molecular weight is 377 g/mol. The summed E-state index contributed by atoms with van der Waals surface area (Å²) in [6.45, 7) is 1.97. The number of amidine groups is 1. The molecule has 0 aromatic heterocycles. The second-order valence-electron chi connectivity index (χ2n) is 6.03. The van der Waals surface area contributed by atoms with E-state index in [-0.39, 0.29) is 18.1 Å². The highest BCUT2D eigenvalue weighted by Gasteiger charge is 2.32. The summed E-state index contributed by atoms with van der Waals surface area (Å²) >= 11 is 1.23. The fourth-order valence-electron chi connectivity index (χ4n) is 2.45. The Morgan fingerprint density at radius 2 is 1.89 bits per heavy atom. The summed E-state index contributed by atoms with van der Waals surface area (Å²) in [6, 6.07) is 17.2. The molecule has 1 saturated heterocycles. The maximum Gasteiger partial charge on any atom is 0.240 e. The standard InChI is InChI=1S/C21H19N3O2S/c1-15-9-11-17(12-10-15)18(25)14-19-20(26)23-21(27-19)24-22-13-5-8-16-6-3-2-4-7-16/h2-13,19H,14H2,1H3,(H,23,24,26)/b8-5-,22-13-. The fourth-order valence-corrected chi connectivity index (χ4v) is 3.38. The van der Waals surface area contributed by atoms with Gasteiger partial charge >= 0.3 is 0 Å². The first-order valence-electron chi connectivity index (χ1n) is 8.52. The highest BCUT2D eigenvalue weighted by Crippen LogP contribution is 2.24. The Bertz CT molecular complexity index is 903. The molecule has 1 fully saturated rings. The molecule has 1 aliphatic rings. The SMILES string of the molecule is Cc1ccc(C(=O)CC2S/C(=N/N=C\C=C/c3ccccc3)NC2=O)cc1. The van der Waals surface area contributed by atoms with Crippen LogP contribution in [-0.2, 0) is 4.79 Å². The van der Waals surface area contributed by atoms with Gasteiger partial charge < -0.3 is 5.32 Å². The molecule has 2 aromatic rings. The predicted octanol–water partition coefficient (Wildman–Crippen LogP) is 3.85. The summed E-state index contributed by atoms with van der Waals surface area (Å²) in [7, 11) is 0. The monoisotopic (exact) mass is 377 g/mol. The molecular formula is C21H19N3O2S. The molecule has 0 spiro atoms. The van der Waals surface area contributed by atoms with Gasteiger partial charge in [-0.1, -0.05) is 78.0 Å². The molecular weight excluding hydrogens is 358 g/mol. The van der Waals surface area contributed by atoms with Crippen LogP contribution < -0.4 is 5.32 Å². The second kappa shape index (κ2) is 9.09. The summed E-state index contributed by atoms with van der Waals surface area (Å²) in [5.74, 6) is -0.271. The fraction of sp³-hybridized carbons (Fsp3) is 0.143. The quantitative estimate of drug-likeness (QED) is 0.472. The Morgan fingerprint density at radius 1 is 1.15 bits per heavy atom. The van der Waals surface area contributed by atoms with E-state index in [0.29, 0.717) is 10.7 Å². The molecule has 1 unspecified atom stereocenters. The summed E-state index contributed by atoms with van der Waals surface area (Å²) in [4.78, 5) is 24.4. The minimum absolute atomic E-state index is 0.0572. The van der Waals surface area contributed by atoms with Gasteiger partial charge in [0.15, 0.2) is 11.0 Å². The molecule has 0 aliphatic carbocycles. The number of carbonyl (C=O) groups excluding carboxylic acids is 2. The Kier molecular flexibility index (Phi) is 6.33. The Balaban J connectivity index is 1.54. The molecule has 0 saturated carbocycles. The molecule has 0 bridgehead atoms. The lowest BCUT2D eigenvalue weighted by Crippen LogP contribution is -2.26. The Hall–Kier alpha value is -2.99. The lowest BCUT2D eigenvalue weighted by atomic mass is 10.0. The zero-order chi connectivity index (χ0) is 19.1. The van der Waals surface area contributed by atoms with Crippen molar-refractivity contribution >= 4 is 40.9 Å². The molecule has 27 heavy (non-hydrogen) atoms. The number of amides is 1. The number of hydrogen-bond acceptors (Lipinski definition) is 5. The summed E-state index contributed by atoms with van der Waals surface area (Å²) in [5.41, 5.74) is 2.77. The van der Waals surface area contributed by atoms with Crippen molar-refractivity contribution in [2.45, 2.75) is 18.6 Å². The summed E-state index contributed by atoms with van der Waals surface area (Å²) in [5, 5.41) is 10.5. The number of ketones is 1. The number of rotatable bonds is 6. The van der Waals surface area contributed by atoms with Crippen LogP contribution in [0.4, 0.5) is 0 Å². The van der Waals surface area contributed by atoms with Gasteiger partial charge in [-0.05, 0) is 18.6 Å². The number of nitrogens with zero attached hydrogens (tertiary/aromatic N) is 2. The molecule has 3 rings (SSSR count). The zero-order valence-electron chi connectivity index (χ0n) is 14.8. The summed E-state index contributed by atoms with van der Waals surface area (Å²) in [6.07, 6.45) is 5.38. The van der Waals surface area contributed by atoms with Crippen LogP contribution >= 0.6 is 11.8 Å². The van der Waals surface area contributed by atoms with E-state index in [4.69, 9.17) is 0 Å². The highest BCUT2D eigenvalue weighted by molar-refractivity contribution is 8.15. The van der Waals surface area contributed by atoms with E-state index in [1.54, 1.807) is 24.4 Å². The molecule has 6 heteroatoms. The van der Waals surface area contributed by atoms with Crippen LogP contribution in [0.5, 0.6) is 0 Å². The van der Waals surface area contributed by atoms with Gasteiger partial charge in [0, 0.05) is 18.2 Å². The van der Waals surface area contributed by atoms with Gasteiger partial charge in [-0.15, -0.1) is 5.10 Å². The van der Waals surface area contributed by atoms with Gasteiger partial charge in [-0.3, -0.25) is 9.59 Å². The van der Waals surface area contributed by atoms with E-state index in [9.17, 15) is 9.59 Å². The van der Waals surface area contributed by atoms with Crippen LogP contribution in [0.15, 0.2) is 70.9 Å². The molecule has 136 valence electrons. The molecule has 1 amide bonds. The first-order valence-corrected chi connectivity index (χ1v) is 9.40. The topological polar surface area (TPSA) is 70.9 Å². The maximum atomic E-state index is 12.3. The lowest BCUT2D eigenvalue weighted by molar-refractivity contribution is -0.118. The number of thioether (sulfide) groups is 1. The zero-order valence-corrected chi connectivity index (χ0v) is 15.6. The third kappa shape index (κ3) is 5.49. The molecule has 5 nitrogen and oxygen atoms in total. The molecule has 1 N–H and O–H groups in total. The van der Waals surface area contributed by atoms with E-state index in [0.717, 1.165) is 11.1 Å². The molecule has 2 aromatic carbocycles. The number of aryl methyl sites for hydroxylation is 1. The Labute approximate surface area is 162 Å². The van der Waals surface area contributed by atoms with Gasteiger partial charge in [0.25, 0.3) is 0 Å². The lowest BCUT2D eigenvalue weighted by Gasteiger charge is -2.04. The first-order chi connectivity index (χ1) is 13.1. The van der Waals surface area contributed by atoms with E-state index < -0.39 is 5.25 Å². The predicted molar refractivity (Wildman–Crippen MR) is 111 cm³/mol. The van der Waals surface area contributed by atoms with E-state index in [2.05, 4.69) is 15.5 Å². The van der Waals surface area contributed by atoms with Gasteiger partial charge in [-0.25, -0.2) is 0 Å². The van der Waals surface area contributed by atoms with Crippen molar-refractivity contribution in [1.82, 2.24) is 5.32 Å². The molecule has 0 radical (unpaired) electrons. The number of allylic oxidation sites excluding steroid dienone is 1. The van der Waals surface area contributed by atoms with Crippen molar-refractivity contribution < 1.29 is 9.59 Å². The third-order valence-electron chi connectivity index (χ3n) is 3.91. The van der Waals surface area contributed by atoms with Crippen molar-refractivity contribution in [3.05, 3.63) is 77.4 Å².